The highest BCUT2D eigenvalue weighted by molar-refractivity contribution is 9.10. The summed E-state index contributed by atoms with van der Waals surface area (Å²) in [7, 11) is 1.35. The summed E-state index contributed by atoms with van der Waals surface area (Å²) in [5.41, 5.74) is 2.13. The summed E-state index contributed by atoms with van der Waals surface area (Å²) in [4.78, 5) is 19.6. The number of hydrogen-bond acceptors (Lipinski definition) is 5. The van der Waals surface area contributed by atoms with Crippen LogP contribution < -0.4 is 4.74 Å². The molecule has 6 heteroatoms. The number of ether oxygens (including phenoxy) is 2. The van der Waals surface area contributed by atoms with Crippen LogP contribution in [-0.2, 0) is 4.74 Å². The van der Waals surface area contributed by atoms with Gasteiger partial charge in [-0.05, 0) is 53.0 Å². The van der Waals surface area contributed by atoms with E-state index in [9.17, 15) is 4.79 Å². The quantitative estimate of drug-likeness (QED) is 0.803. The molecule has 0 radical (unpaired) electrons. The van der Waals surface area contributed by atoms with E-state index in [2.05, 4.69) is 25.9 Å². The first-order valence-electron chi connectivity index (χ1n) is 5.86. The third-order valence-electron chi connectivity index (χ3n) is 2.67. The molecule has 0 atom stereocenters. The molecule has 0 aliphatic rings. The number of esters is 1. The van der Waals surface area contributed by atoms with Gasteiger partial charge in [-0.3, -0.25) is 0 Å². The first-order valence-corrected chi connectivity index (χ1v) is 6.65. The molecule has 5 nitrogen and oxygen atoms in total. The van der Waals surface area contributed by atoms with Crippen LogP contribution in [0.25, 0.3) is 0 Å². The Balaban J connectivity index is 2.33. The third-order valence-corrected chi connectivity index (χ3v) is 3.08. The monoisotopic (exact) mass is 336 g/mol. The second-order valence-corrected chi connectivity index (χ2v) is 5.13. The summed E-state index contributed by atoms with van der Waals surface area (Å²) < 4.78 is 11.2. The summed E-state index contributed by atoms with van der Waals surface area (Å²) in [6, 6.07) is 3.69. The maximum absolute atomic E-state index is 11.5. The molecule has 20 heavy (non-hydrogen) atoms. The lowest BCUT2D eigenvalue weighted by Gasteiger charge is -2.11. The molecule has 0 fully saturated rings. The van der Waals surface area contributed by atoms with Crippen LogP contribution >= 0.6 is 15.9 Å². The molecule has 2 rings (SSSR count). The first kappa shape index (κ1) is 14.5. The van der Waals surface area contributed by atoms with Crippen molar-refractivity contribution in [3.63, 3.8) is 0 Å². The van der Waals surface area contributed by atoms with E-state index in [1.807, 2.05) is 13.8 Å². The minimum atomic E-state index is -0.373. The summed E-state index contributed by atoms with van der Waals surface area (Å²) in [6.45, 7) is 3.71. The summed E-state index contributed by atoms with van der Waals surface area (Å²) in [5.74, 6) is 0.266. The lowest BCUT2D eigenvalue weighted by Crippen LogP contribution is -2.03. The Labute approximate surface area is 125 Å². The van der Waals surface area contributed by atoms with Gasteiger partial charge >= 0.3 is 12.0 Å². The number of aryl methyl sites for hydroxylation is 2. The Hall–Kier alpha value is -1.95. The Kier molecular flexibility index (Phi) is 4.34. The van der Waals surface area contributed by atoms with Crippen molar-refractivity contribution >= 4 is 21.9 Å². The minimum Gasteiger partial charge on any atom is -0.465 e. The van der Waals surface area contributed by atoms with Crippen molar-refractivity contribution in [2.45, 2.75) is 13.8 Å². The van der Waals surface area contributed by atoms with Gasteiger partial charge in [-0.2, -0.15) is 0 Å². The molecule has 1 aromatic heterocycles. The van der Waals surface area contributed by atoms with E-state index in [4.69, 9.17) is 9.47 Å². The van der Waals surface area contributed by atoms with Crippen molar-refractivity contribution in [3.8, 4) is 11.8 Å². The molecular weight excluding hydrogens is 324 g/mol. The van der Waals surface area contributed by atoms with E-state index in [-0.39, 0.29) is 12.0 Å². The molecule has 1 aromatic carbocycles. The van der Waals surface area contributed by atoms with Crippen LogP contribution in [0.4, 0.5) is 0 Å². The van der Waals surface area contributed by atoms with Gasteiger partial charge in [0.1, 0.15) is 5.75 Å². The summed E-state index contributed by atoms with van der Waals surface area (Å²) in [6.07, 6.45) is 3.21. The number of methoxy groups -OCH3 is 1. The van der Waals surface area contributed by atoms with E-state index in [1.54, 1.807) is 24.5 Å². The zero-order valence-corrected chi connectivity index (χ0v) is 12.9. The van der Waals surface area contributed by atoms with E-state index in [0.717, 1.165) is 15.6 Å². The van der Waals surface area contributed by atoms with Crippen molar-refractivity contribution in [2.75, 3.05) is 7.11 Å². The van der Waals surface area contributed by atoms with Crippen molar-refractivity contribution in [3.05, 3.63) is 45.7 Å². The van der Waals surface area contributed by atoms with Gasteiger partial charge in [0.15, 0.2) is 0 Å². The van der Waals surface area contributed by atoms with Crippen molar-refractivity contribution in [1.29, 1.82) is 0 Å². The standard InChI is InChI=1S/C14H13BrN2O3/c1-8-4-10(13(18)19-3)5-9(2)12(8)20-14-16-6-11(15)7-17-14/h4-7H,1-3H3. The lowest BCUT2D eigenvalue weighted by molar-refractivity contribution is 0.0600. The highest BCUT2D eigenvalue weighted by Crippen LogP contribution is 2.28. The Morgan fingerprint density at radius 3 is 2.20 bits per heavy atom. The molecule has 1 heterocycles. The summed E-state index contributed by atoms with van der Waals surface area (Å²) >= 11 is 3.26. The average molecular weight is 337 g/mol. The Morgan fingerprint density at radius 1 is 1.15 bits per heavy atom. The predicted molar refractivity (Wildman–Crippen MR) is 77.1 cm³/mol. The third kappa shape index (κ3) is 3.14. The molecule has 0 N–H and O–H groups in total. The number of rotatable bonds is 3. The Bertz CT molecular complexity index is 618. The fourth-order valence-corrected chi connectivity index (χ4v) is 2.00. The molecular formula is C14H13BrN2O3. The molecule has 0 saturated heterocycles. The van der Waals surface area contributed by atoms with Gasteiger partial charge < -0.3 is 9.47 Å². The smallest absolute Gasteiger partial charge is 0.337 e. The van der Waals surface area contributed by atoms with E-state index >= 15 is 0 Å². The molecule has 0 aliphatic heterocycles. The van der Waals surface area contributed by atoms with E-state index < -0.39 is 0 Å². The van der Waals surface area contributed by atoms with Crippen molar-refractivity contribution in [1.82, 2.24) is 9.97 Å². The molecule has 2 aromatic rings. The largest absolute Gasteiger partial charge is 0.465 e. The van der Waals surface area contributed by atoms with Crippen LogP contribution in [0.2, 0.25) is 0 Å². The van der Waals surface area contributed by atoms with Crippen LogP contribution in [0.15, 0.2) is 29.0 Å². The number of hydrogen-bond donors (Lipinski definition) is 0. The second-order valence-electron chi connectivity index (χ2n) is 4.22. The predicted octanol–water partition coefficient (Wildman–Crippen LogP) is 3.43. The molecule has 0 amide bonds. The Morgan fingerprint density at radius 2 is 1.70 bits per heavy atom. The second kappa shape index (κ2) is 6.00. The zero-order valence-electron chi connectivity index (χ0n) is 11.3. The molecule has 0 aliphatic carbocycles. The van der Waals surface area contributed by atoms with Crippen LogP contribution in [0.3, 0.4) is 0 Å². The SMILES string of the molecule is COC(=O)c1cc(C)c(Oc2ncc(Br)cn2)c(C)c1. The maximum atomic E-state index is 11.5. The molecule has 104 valence electrons. The fraction of sp³-hybridized carbons (Fsp3) is 0.214. The number of aromatic nitrogens is 2. The van der Waals surface area contributed by atoms with Crippen LogP contribution in [0.1, 0.15) is 21.5 Å². The number of carbonyl (C=O) groups excluding carboxylic acids is 1. The highest BCUT2D eigenvalue weighted by atomic mass is 79.9. The average Bonchev–Trinajstić information content (AvgIpc) is 2.43. The molecule has 0 saturated carbocycles. The number of nitrogens with zero attached hydrogens (tertiary/aromatic N) is 2. The van der Waals surface area contributed by atoms with E-state index in [0.29, 0.717) is 11.3 Å². The number of halogens is 1. The minimum absolute atomic E-state index is 0.255. The highest BCUT2D eigenvalue weighted by Gasteiger charge is 2.13. The van der Waals surface area contributed by atoms with Gasteiger partial charge in [0, 0.05) is 12.4 Å². The van der Waals surface area contributed by atoms with Crippen LogP contribution in [-0.4, -0.2) is 23.0 Å². The molecule has 0 bridgehead atoms. The lowest BCUT2D eigenvalue weighted by atomic mass is 10.1. The topological polar surface area (TPSA) is 61.3 Å². The van der Waals surface area contributed by atoms with Gasteiger partial charge in [0.2, 0.25) is 0 Å². The molecule has 0 spiro atoms. The van der Waals surface area contributed by atoms with Gasteiger partial charge in [-0.15, -0.1) is 0 Å². The summed E-state index contributed by atoms with van der Waals surface area (Å²) in [5, 5.41) is 0. The number of benzene rings is 1. The fourth-order valence-electron chi connectivity index (χ4n) is 1.79. The maximum Gasteiger partial charge on any atom is 0.337 e. The van der Waals surface area contributed by atoms with E-state index in [1.165, 1.54) is 7.11 Å². The number of carbonyl (C=O) groups is 1. The van der Waals surface area contributed by atoms with Crippen molar-refractivity contribution in [2.24, 2.45) is 0 Å². The van der Waals surface area contributed by atoms with Crippen LogP contribution in [0.5, 0.6) is 11.8 Å². The molecule has 0 unspecified atom stereocenters. The first-order chi connectivity index (χ1) is 9.51. The van der Waals surface area contributed by atoms with Crippen molar-refractivity contribution < 1.29 is 14.3 Å². The van der Waals surface area contributed by atoms with Gasteiger partial charge in [-0.25, -0.2) is 14.8 Å². The van der Waals surface area contributed by atoms with Gasteiger partial charge in [0.05, 0.1) is 17.1 Å². The normalized spacial score (nSPS) is 10.2. The zero-order chi connectivity index (χ0) is 14.7. The van der Waals surface area contributed by atoms with Gasteiger partial charge in [0.25, 0.3) is 0 Å². The van der Waals surface area contributed by atoms with Crippen LogP contribution in [0, 0.1) is 13.8 Å². The van der Waals surface area contributed by atoms with Gasteiger partial charge in [-0.1, -0.05) is 0 Å².